The molecule has 0 unspecified atom stereocenters. The van der Waals surface area contributed by atoms with Gasteiger partial charge < -0.3 is 9.73 Å². The third-order valence-corrected chi connectivity index (χ3v) is 4.35. The molecule has 19 heavy (non-hydrogen) atoms. The second-order valence-electron chi connectivity index (χ2n) is 6.66. The van der Waals surface area contributed by atoms with Gasteiger partial charge in [0.05, 0.1) is 12.2 Å². The standard InChI is InChI=1S/C16H28N2O/c1-12(2)9-16(7-5-6-8-16)11-17-10-15-18-13(3)14(4)19-15/h12,17H,5-11H2,1-4H3. The zero-order valence-corrected chi connectivity index (χ0v) is 12.9. The maximum Gasteiger partial charge on any atom is 0.208 e. The summed E-state index contributed by atoms with van der Waals surface area (Å²) in [5.41, 5.74) is 1.53. The van der Waals surface area contributed by atoms with Crippen LogP contribution in [0.4, 0.5) is 0 Å². The number of nitrogens with zero attached hydrogens (tertiary/aromatic N) is 1. The summed E-state index contributed by atoms with van der Waals surface area (Å²) in [5.74, 6) is 2.55. The smallest absolute Gasteiger partial charge is 0.208 e. The minimum absolute atomic E-state index is 0.519. The van der Waals surface area contributed by atoms with Gasteiger partial charge in [0.2, 0.25) is 5.89 Å². The van der Waals surface area contributed by atoms with Crippen molar-refractivity contribution >= 4 is 0 Å². The Morgan fingerprint density at radius 2 is 1.95 bits per heavy atom. The van der Waals surface area contributed by atoms with Gasteiger partial charge in [0.25, 0.3) is 0 Å². The minimum Gasteiger partial charge on any atom is -0.444 e. The van der Waals surface area contributed by atoms with Crippen molar-refractivity contribution in [3.05, 3.63) is 17.3 Å². The van der Waals surface area contributed by atoms with Gasteiger partial charge in [0.15, 0.2) is 0 Å². The minimum atomic E-state index is 0.519. The molecular weight excluding hydrogens is 236 g/mol. The molecule has 2 rings (SSSR count). The first-order valence-electron chi connectivity index (χ1n) is 7.64. The fourth-order valence-electron chi connectivity index (χ4n) is 3.49. The van der Waals surface area contributed by atoms with Crippen molar-refractivity contribution in [2.45, 2.75) is 66.3 Å². The van der Waals surface area contributed by atoms with E-state index in [9.17, 15) is 0 Å². The van der Waals surface area contributed by atoms with Gasteiger partial charge in [-0.3, -0.25) is 0 Å². The van der Waals surface area contributed by atoms with Crippen LogP contribution in [0.1, 0.15) is 63.3 Å². The summed E-state index contributed by atoms with van der Waals surface area (Å²) < 4.78 is 5.62. The molecule has 0 aromatic carbocycles. The monoisotopic (exact) mass is 264 g/mol. The van der Waals surface area contributed by atoms with Gasteiger partial charge in [0.1, 0.15) is 5.76 Å². The van der Waals surface area contributed by atoms with E-state index in [4.69, 9.17) is 4.42 Å². The molecule has 0 bridgehead atoms. The van der Waals surface area contributed by atoms with Crippen molar-refractivity contribution in [1.29, 1.82) is 0 Å². The second kappa shape index (κ2) is 6.08. The average Bonchev–Trinajstić information content (AvgIpc) is 2.87. The molecule has 108 valence electrons. The average molecular weight is 264 g/mol. The van der Waals surface area contributed by atoms with Crippen LogP contribution in [-0.4, -0.2) is 11.5 Å². The van der Waals surface area contributed by atoms with Gasteiger partial charge in [-0.2, -0.15) is 0 Å². The summed E-state index contributed by atoms with van der Waals surface area (Å²) in [5, 5.41) is 3.57. The van der Waals surface area contributed by atoms with Crippen molar-refractivity contribution in [3.63, 3.8) is 0 Å². The SMILES string of the molecule is Cc1nc(CNCC2(CC(C)C)CCCC2)oc1C. The van der Waals surface area contributed by atoms with Gasteiger partial charge in [-0.05, 0) is 44.4 Å². The molecule has 3 nitrogen and oxygen atoms in total. The summed E-state index contributed by atoms with van der Waals surface area (Å²) in [7, 11) is 0. The van der Waals surface area contributed by atoms with E-state index in [1.54, 1.807) is 0 Å². The van der Waals surface area contributed by atoms with Crippen LogP contribution in [0.2, 0.25) is 0 Å². The predicted molar refractivity (Wildman–Crippen MR) is 78.0 cm³/mol. The summed E-state index contributed by atoms with van der Waals surface area (Å²) in [6.45, 7) is 10.5. The molecule has 1 aromatic heterocycles. The molecule has 0 aliphatic heterocycles. The van der Waals surface area contributed by atoms with Crippen LogP contribution in [-0.2, 0) is 6.54 Å². The quantitative estimate of drug-likeness (QED) is 0.844. The fraction of sp³-hybridized carbons (Fsp3) is 0.812. The molecule has 1 aromatic rings. The summed E-state index contributed by atoms with van der Waals surface area (Å²) in [4.78, 5) is 4.43. The van der Waals surface area contributed by atoms with Crippen LogP contribution >= 0.6 is 0 Å². The summed E-state index contributed by atoms with van der Waals surface area (Å²) in [6, 6.07) is 0. The Morgan fingerprint density at radius 3 is 2.47 bits per heavy atom. The highest BCUT2D eigenvalue weighted by Crippen LogP contribution is 2.42. The molecule has 0 atom stereocenters. The first-order chi connectivity index (χ1) is 9.01. The van der Waals surface area contributed by atoms with E-state index in [2.05, 4.69) is 24.1 Å². The Hall–Kier alpha value is -0.830. The lowest BCUT2D eigenvalue weighted by Crippen LogP contribution is -2.33. The van der Waals surface area contributed by atoms with Gasteiger partial charge in [-0.25, -0.2) is 4.98 Å². The first kappa shape index (κ1) is 14.6. The van der Waals surface area contributed by atoms with Crippen molar-refractivity contribution in [2.75, 3.05) is 6.54 Å². The Kier molecular flexibility index (Phi) is 4.67. The zero-order valence-electron chi connectivity index (χ0n) is 12.9. The van der Waals surface area contributed by atoms with Crippen LogP contribution < -0.4 is 5.32 Å². The molecule has 1 N–H and O–H groups in total. The number of nitrogens with one attached hydrogen (secondary N) is 1. The lowest BCUT2D eigenvalue weighted by atomic mass is 9.78. The van der Waals surface area contributed by atoms with Crippen LogP contribution in [0.5, 0.6) is 0 Å². The Bertz CT molecular complexity index is 383. The highest BCUT2D eigenvalue weighted by Gasteiger charge is 2.33. The lowest BCUT2D eigenvalue weighted by molar-refractivity contribution is 0.220. The molecule has 3 heteroatoms. The molecule has 0 spiro atoms. The summed E-state index contributed by atoms with van der Waals surface area (Å²) >= 11 is 0. The van der Waals surface area contributed by atoms with Crippen LogP contribution in [0.25, 0.3) is 0 Å². The number of rotatable bonds is 6. The van der Waals surface area contributed by atoms with Crippen molar-refractivity contribution < 1.29 is 4.42 Å². The Balaban J connectivity index is 1.85. The number of oxazole rings is 1. The normalized spacial score (nSPS) is 18.4. The number of aryl methyl sites for hydroxylation is 2. The number of aromatic nitrogens is 1. The lowest BCUT2D eigenvalue weighted by Gasteiger charge is -2.31. The third kappa shape index (κ3) is 3.82. The fourth-order valence-corrected chi connectivity index (χ4v) is 3.49. The van der Waals surface area contributed by atoms with Gasteiger partial charge in [-0.1, -0.05) is 26.7 Å². The van der Waals surface area contributed by atoms with Gasteiger partial charge in [-0.15, -0.1) is 0 Å². The number of hydrogen-bond acceptors (Lipinski definition) is 3. The van der Waals surface area contributed by atoms with Crippen LogP contribution in [0.15, 0.2) is 4.42 Å². The van der Waals surface area contributed by atoms with Crippen LogP contribution in [0.3, 0.4) is 0 Å². The molecule has 0 radical (unpaired) electrons. The van der Waals surface area contributed by atoms with Crippen LogP contribution in [0, 0.1) is 25.2 Å². The molecule has 1 heterocycles. The van der Waals surface area contributed by atoms with E-state index in [-0.39, 0.29) is 0 Å². The van der Waals surface area contributed by atoms with Gasteiger partial charge in [0, 0.05) is 6.54 Å². The van der Waals surface area contributed by atoms with E-state index in [0.29, 0.717) is 5.41 Å². The second-order valence-corrected chi connectivity index (χ2v) is 6.66. The van der Waals surface area contributed by atoms with E-state index in [0.717, 1.165) is 36.4 Å². The van der Waals surface area contributed by atoms with E-state index >= 15 is 0 Å². The molecule has 1 aliphatic rings. The van der Waals surface area contributed by atoms with Gasteiger partial charge >= 0.3 is 0 Å². The predicted octanol–water partition coefficient (Wildman–Crippen LogP) is 3.99. The van der Waals surface area contributed by atoms with Crippen molar-refractivity contribution in [2.24, 2.45) is 11.3 Å². The third-order valence-electron chi connectivity index (χ3n) is 4.35. The number of hydrogen-bond donors (Lipinski definition) is 1. The summed E-state index contributed by atoms with van der Waals surface area (Å²) in [6.07, 6.45) is 6.88. The molecule has 0 amide bonds. The topological polar surface area (TPSA) is 38.1 Å². The molecule has 1 saturated carbocycles. The van der Waals surface area contributed by atoms with Crippen molar-refractivity contribution in [1.82, 2.24) is 10.3 Å². The van der Waals surface area contributed by atoms with E-state index in [1.807, 2.05) is 13.8 Å². The molecule has 0 saturated heterocycles. The maximum absolute atomic E-state index is 5.62. The largest absolute Gasteiger partial charge is 0.444 e. The van der Waals surface area contributed by atoms with E-state index < -0.39 is 0 Å². The van der Waals surface area contributed by atoms with E-state index in [1.165, 1.54) is 32.1 Å². The Morgan fingerprint density at radius 1 is 1.26 bits per heavy atom. The molecule has 1 fully saturated rings. The Labute approximate surface area is 117 Å². The zero-order chi connectivity index (χ0) is 13.9. The highest BCUT2D eigenvalue weighted by atomic mass is 16.4. The highest BCUT2D eigenvalue weighted by molar-refractivity contribution is 5.05. The first-order valence-corrected chi connectivity index (χ1v) is 7.64. The molecular formula is C16H28N2O. The maximum atomic E-state index is 5.62. The van der Waals surface area contributed by atoms with Crippen molar-refractivity contribution in [3.8, 4) is 0 Å². The molecule has 1 aliphatic carbocycles.